The van der Waals surface area contributed by atoms with Crippen molar-refractivity contribution in [2.45, 2.75) is 32.6 Å². The van der Waals surface area contributed by atoms with Gasteiger partial charge in [0.2, 0.25) is 11.2 Å². The Morgan fingerprint density at radius 2 is 2.00 bits per heavy atom. The Labute approximate surface area is 124 Å². The molecule has 0 aromatic carbocycles. The van der Waals surface area contributed by atoms with Crippen molar-refractivity contribution in [3.63, 3.8) is 0 Å². The van der Waals surface area contributed by atoms with Crippen LogP contribution in [0.1, 0.15) is 32.6 Å². The number of ether oxygens (including phenoxy) is 1. The van der Waals surface area contributed by atoms with Gasteiger partial charge in [0.25, 0.3) is 0 Å². The van der Waals surface area contributed by atoms with Crippen molar-refractivity contribution >= 4 is 17.5 Å². The molecule has 0 aliphatic carbocycles. The van der Waals surface area contributed by atoms with Crippen molar-refractivity contribution in [2.24, 2.45) is 0 Å². The molecule has 0 atom stereocenters. The monoisotopic (exact) mass is 299 g/mol. The number of aromatic nitrogens is 3. The molecule has 1 fully saturated rings. The molecule has 1 aliphatic rings. The van der Waals surface area contributed by atoms with Gasteiger partial charge in [0, 0.05) is 13.1 Å². The van der Waals surface area contributed by atoms with Crippen molar-refractivity contribution in [1.82, 2.24) is 19.9 Å². The predicted octanol–water partition coefficient (Wildman–Crippen LogP) is 2.21. The van der Waals surface area contributed by atoms with Crippen LogP contribution in [0.15, 0.2) is 0 Å². The van der Waals surface area contributed by atoms with Crippen molar-refractivity contribution in [3.8, 4) is 6.01 Å². The third kappa shape index (κ3) is 5.09. The molecule has 2 heterocycles. The van der Waals surface area contributed by atoms with E-state index in [2.05, 4.69) is 25.2 Å². The van der Waals surface area contributed by atoms with Crippen LogP contribution >= 0.6 is 11.6 Å². The molecule has 1 N–H and O–H groups in total. The van der Waals surface area contributed by atoms with Crippen LogP contribution in [0.4, 0.5) is 5.95 Å². The maximum atomic E-state index is 5.86. The van der Waals surface area contributed by atoms with Crippen molar-refractivity contribution in [3.05, 3.63) is 5.28 Å². The van der Waals surface area contributed by atoms with Crippen LogP contribution in [0.25, 0.3) is 0 Å². The Balaban J connectivity index is 1.80. The van der Waals surface area contributed by atoms with Gasteiger partial charge in [0.15, 0.2) is 0 Å². The number of halogens is 1. The lowest BCUT2D eigenvalue weighted by molar-refractivity contribution is 0.237. The SMILES string of the molecule is CCCOc1nc(Cl)nc(NCCN2CCCCC2)n1. The quantitative estimate of drug-likeness (QED) is 0.833. The minimum Gasteiger partial charge on any atom is -0.463 e. The summed E-state index contributed by atoms with van der Waals surface area (Å²) in [6, 6.07) is 0.285. The second kappa shape index (κ2) is 8.21. The zero-order chi connectivity index (χ0) is 14.2. The Kier molecular flexibility index (Phi) is 6.26. The van der Waals surface area contributed by atoms with E-state index in [1.807, 2.05) is 6.92 Å². The third-order valence-corrected chi connectivity index (χ3v) is 3.35. The molecule has 0 unspecified atom stereocenters. The van der Waals surface area contributed by atoms with E-state index in [0.717, 1.165) is 19.5 Å². The summed E-state index contributed by atoms with van der Waals surface area (Å²) >= 11 is 5.86. The van der Waals surface area contributed by atoms with E-state index in [1.54, 1.807) is 0 Å². The number of nitrogens with one attached hydrogen (secondary N) is 1. The second-order valence-corrected chi connectivity index (χ2v) is 5.23. The maximum absolute atomic E-state index is 5.86. The van der Waals surface area contributed by atoms with Gasteiger partial charge in [-0.05, 0) is 44.0 Å². The van der Waals surface area contributed by atoms with Crippen LogP contribution in [0.5, 0.6) is 6.01 Å². The fraction of sp³-hybridized carbons (Fsp3) is 0.769. The molecular weight excluding hydrogens is 278 g/mol. The van der Waals surface area contributed by atoms with Crippen molar-refractivity contribution in [2.75, 3.05) is 38.1 Å². The summed E-state index contributed by atoms with van der Waals surface area (Å²) in [5.41, 5.74) is 0. The van der Waals surface area contributed by atoms with Crippen molar-refractivity contribution < 1.29 is 4.74 Å². The van der Waals surface area contributed by atoms with E-state index in [1.165, 1.54) is 32.4 Å². The Bertz CT molecular complexity index is 412. The third-order valence-electron chi connectivity index (χ3n) is 3.18. The largest absolute Gasteiger partial charge is 0.463 e. The summed E-state index contributed by atoms with van der Waals surface area (Å²) in [4.78, 5) is 14.6. The highest BCUT2D eigenvalue weighted by molar-refractivity contribution is 6.28. The molecule has 2 rings (SSSR count). The van der Waals surface area contributed by atoms with Crippen LogP contribution in [0.3, 0.4) is 0 Å². The smallest absolute Gasteiger partial charge is 0.322 e. The van der Waals surface area contributed by atoms with Crippen molar-refractivity contribution in [1.29, 1.82) is 0 Å². The zero-order valence-electron chi connectivity index (χ0n) is 11.9. The molecular formula is C13H22ClN5O. The van der Waals surface area contributed by atoms with Gasteiger partial charge in [-0.15, -0.1) is 0 Å². The highest BCUT2D eigenvalue weighted by Crippen LogP contribution is 2.12. The van der Waals surface area contributed by atoms with Gasteiger partial charge in [-0.25, -0.2) is 0 Å². The minimum atomic E-state index is 0.159. The lowest BCUT2D eigenvalue weighted by Gasteiger charge is -2.26. The minimum absolute atomic E-state index is 0.159. The van der Waals surface area contributed by atoms with Gasteiger partial charge < -0.3 is 15.0 Å². The van der Waals surface area contributed by atoms with Gasteiger partial charge in [-0.2, -0.15) is 15.0 Å². The number of hydrogen-bond acceptors (Lipinski definition) is 6. The molecule has 0 bridgehead atoms. The summed E-state index contributed by atoms with van der Waals surface area (Å²) in [5, 5.41) is 3.34. The summed E-state index contributed by atoms with van der Waals surface area (Å²) < 4.78 is 5.38. The summed E-state index contributed by atoms with van der Waals surface area (Å²) in [5.74, 6) is 0.480. The average Bonchev–Trinajstić information content (AvgIpc) is 2.46. The van der Waals surface area contributed by atoms with Crippen LogP contribution in [-0.4, -0.2) is 52.6 Å². The van der Waals surface area contributed by atoms with Crippen LogP contribution in [0, 0.1) is 0 Å². The fourth-order valence-electron chi connectivity index (χ4n) is 2.18. The Morgan fingerprint density at radius 1 is 1.20 bits per heavy atom. The van der Waals surface area contributed by atoms with E-state index < -0.39 is 0 Å². The van der Waals surface area contributed by atoms with Gasteiger partial charge in [0.1, 0.15) is 0 Å². The highest BCUT2D eigenvalue weighted by Gasteiger charge is 2.10. The number of nitrogens with zero attached hydrogens (tertiary/aromatic N) is 4. The predicted molar refractivity (Wildman–Crippen MR) is 79.4 cm³/mol. The molecule has 1 saturated heterocycles. The normalized spacial score (nSPS) is 16.1. The van der Waals surface area contributed by atoms with Gasteiger partial charge >= 0.3 is 6.01 Å². The standard InChI is InChI=1S/C13H22ClN5O/c1-2-10-20-13-17-11(14)16-12(18-13)15-6-9-19-7-4-3-5-8-19/h2-10H2,1H3,(H,15,16,17,18). The highest BCUT2D eigenvalue weighted by atomic mass is 35.5. The first-order valence-electron chi connectivity index (χ1n) is 7.28. The van der Waals surface area contributed by atoms with E-state index in [-0.39, 0.29) is 11.3 Å². The van der Waals surface area contributed by atoms with E-state index in [9.17, 15) is 0 Å². The van der Waals surface area contributed by atoms with E-state index in [0.29, 0.717) is 12.6 Å². The van der Waals surface area contributed by atoms with E-state index >= 15 is 0 Å². The average molecular weight is 300 g/mol. The van der Waals surface area contributed by atoms with Crippen LogP contribution in [0.2, 0.25) is 5.28 Å². The number of rotatable bonds is 7. The topological polar surface area (TPSA) is 63.2 Å². The molecule has 1 aliphatic heterocycles. The Hall–Kier alpha value is -1.14. The number of anilines is 1. The molecule has 0 amide bonds. The molecule has 6 nitrogen and oxygen atoms in total. The van der Waals surface area contributed by atoms with Crippen LogP contribution < -0.4 is 10.1 Å². The maximum Gasteiger partial charge on any atom is 0.322 e. The molecule has 7 heteroatoms. The first-order valence-corrected chi connectivity index (χ1v) is 7.66. The first kappa shape index (κ1) is 15.3. The molecule has 0 spiro atoms. The van der Waals surface area contributed by atoms with Gasteiger partial charge in [-0.3, -0.25) is 0 Å². The zero-order valence-corrected chi connectivity index (χ0v) is 12.7. The lowest BCUT2D eigenvalue weighted by Crippen LogP contribution is -2.33. The fourth-order valence-corrected chi connectivity index (χ4v) is 2.33. The summed E-state index contributed by atoms with van der Waals surface area (Å²) in [6.07, 6.45) is 4.85. The second-order valence-electron chi connectivity index (χ2n) is 4.89. The molecule has 0 saturated carbocycles. The summed E-state index contributed by atoms with van der Waals surface area (Å²) in [6.45, 7) is 6.77. The summed E-state index contributed by atoms with van der Waals surface area (Å²) in [7, 11) is 0. The van der Waals surface area contributed by atoms with Gasteiger partial charge in [-0.1, -0.05) is 13.3 Å². The molecule has 1 aromatic rings. The Morgan fingerprint density at radius 3 is 2.75 bits per heavy atom. The first-order chi connectivity index (χ1) is 9.78. The number of hydrogen-bond donors (Lipinski definition) is 1. The van der Waals surface area contributed by atoms with E-state index in [4.69, 9.17) is 16.3 Å². The lowest BCUT2D eigenvalue weighted by atomic mass is 10.1. The van der Waals surface area contributed by atoms with Crippen LogP contribution in [-0.2, 0) is 0 Å². The molecule has 1 aromatic heterocycles. The number of piperidine rings is 1. The molecule has 0 radical (unpaired) electrons. The number of likely N-dealkylation sites (tertiary alicyclic amines) is 1. The molecule has 112 valence electrons. The van der Waals surface area contributed by atoms with Gasteiger partial charge in [0.05, 0.1) is 6.61 Å². The molecule has 20 heavy (non-hydrogen) atoms.